The maximum atomic E-state index is 13.4. The van der Waals surface area contributed by atoms with Gasteiger partial charge in [-0.2, -0.15) is 0 Å². The van der Waals surface area contributed by atoms with Gasteiger partial charge in [0.2, 0.25) is 0 Å². The molecule has 2 aromatic heterocycles. The Balaban J connectivity index is 1.77. The second-order valence-corrected chi connectivity index (χ2v) is 7.23. The lowest BCUT2D eigenvalue weighted by molar-refractivity contribution is 0.0784. The Kier molecular flexibility index (Phi) is 5.58. The Morgan fingerprint density at radius 2 is 1.81 bits per heavy atom. The largest absolute Gasteiger partial charge is 0.493 e. The molecule has 0 atom stereocenters. The molecule has 158 valence electrons. The standard InChI is InChI=1S/C24H23N3O4/c1-15-11-17(26-31-15)14-27(2)24(28)19-13-21(25-20-8-6-5-7-18(19)20)16-9-10-22(29-3)23(12-16)30-4/h5-13H,14H2,1-4H3. The van der Waals surface area contributed by atoms with E-state index in [-0.39, 0.29) is 5.91 Å². The van der Waals surface area contributed by atoms with Crippen LogP contribution in [0.4, 0.5) is 0 Å². The van der Waals surface area contributed by atoms with Gasteiger partial charge in [-0.15, -0.1) is 0 Å². The van der Waals surface area contributed by atoms with Crippen molar-refractivity contribution in [2.24, 2.45) is 0 Å². The minimum absolute atomic E-state index is 0.124. The molecule has 2 heterocycles. The van der Waals surface area contributed by atoms with Crippen LogP contribution in [-0.2, 0) is 6.54 Å². The number of aromatic nitrogens is 2. The second-order valence-electron chi connectivity index (χ2n) is 7.23. The predicted molar refractivity (Wildman–Crippen MR) is 117 cm³/mol. The number of nitrogens with zero attached hydrogens (tertiary/aromatic N) is 3. The summed E-state index contributed by atoms with van der Waals surface area (Å²) in [5.41, 5.74) is 3.51. The number of hydrogen-bond donors (Lipinski definition) is 0. The third-order valence-corrected chi connectivity index (χ3v) is 5.05. The number of methoxy groups -OCH3 is 2. The van der Waals surface area contributed by atoms with E-state index >= 15 is 0 Å². The van der Waals surface area contributed by atoms with Crippen molar-refractivity contribution in [3.63, 3.8) is 0 Å². The van der Waals surface area contributed by atoms with Crippen LogP contribution in [-0.4, -0.2) is 42.2 Å². The number of carbonyl (C=O) groups excluding carboxylic acids is 1. The highest BCUT2D eigenvalue weighted by Gasteiger charge is 2.19. The summed E-state index contributed by atoms with van der Waals surface area (Å²) in [7, 11) is 4.93. The van der Waals surface area contributed by atoms with Gasteiger partial charge >= 0.3 is 0 Å². The molecule has 0 aliphatic rings. The molecule has 0 saturated carbocycles. The third kappa shape index (κ3) is 4.07. The smallest absolute Gasteiger partial charge is 0.254 e. The molecule has 4 aromatic rings. The number of rotatable bonds is 6. The number of para-hydroxylation sites is 1. The average Bonchev–Trinajstić information content (AvgIpc) is 3.21. The first-order valence-electron chi connectivity index (χ1n) is 9.80. The van der Waals surface area contributed by atoms with Crippen LogP contribution in [0.3, 0.4) is 0 Å². The van der Waals surface area contributed by atoms with E-state index in [1.807, 2.05) is 61.5 Å². The van der Waals surface area contributed by atoms with Gasteiger partial charge in [0.05, 0.1) is 37.5 Å². The molecule has 0 aliphatic carbocycles. The SMILES string of the molecule is COc1ccc(-c2cc(C(=O)N(C)Cc3cc(C)on3)c3ccccc3n2)cc1OC. The Morgan fingerprint density at radius 3 is 2.52 bits per heavy atom. The number of pyridine rings is 1. The van der Waals surface area contributed by atoms with Gasteiger partial charge in [-0.1, -0.05) is 23.4 Å². The fourth-order valence-electron chi connectivity index (χ4n) is 3.51. The number of fused-ring (bicyclic) bond motifs is 1. The molecule has 0 spiro atoms. The molecule has 0 aliphatic heterocycles. The minimum Gasteiger partial charge on any atom is -0.493 e. The monoisotopic (exact) mass is 417 g/mol. The molecule has 0 N–H and O–H groups in total. The molecule has 31 heavy (non-hydrogen) atoms. The van der Waals surface area contributed by atoms with E-state index in [9.17, 15) is 4.79 Å². The first kappa shape index (κ1) is 20.4. The Labute approximate surface area is 180 Å². The van der Waals surface area contributed by atoms with Crippen LogP contribution >= 0.6 is 0 Å². The van der Waals surface area contributed by atoms with Crippen LogP contribution in [0.2, 0.25) is 0 Å². The van der Waals surface area contributed by atoms with Crippen LogP contribution in [0.15, 0.2) is 59.1 Å². The van der Waals surface area contributed by atoms with Crippen molar-refractivity contribution in [1.29, 1.82) is 0 Å². The highest BCUT2D eigenvalue weighted by atomic mass is 16.5. The molecular weight excluding hydrogens is 394 g/mol. The topological polar surface area (TPSA) is 77.7 Å². The van der Waals surface area contributed by atoms with Crippen LogP contribution in [0.1, 0.15) is 21.8 Å². The van der Waals surface area contributed by atoms with Gasteiger partial charge in [0.1, 0.15) is 11.5 Å². The summed E-state index contributed by atoms with van der Waals surface area (Å²) in [6, 6.07) is 16.8. The number of ether oxygens (including phenoxy) is 2. The average molecular weight is 417 g/mol. The van der Waals surface area contributed by atoms with Crippen LogP contribution in [0.25, 0.3) is 22.2 Å². The zero-order valence-corrected chi connectivity index (χ0v) is 17.9. The molecule has 0 unspecified atom stereocenters. The highest BCUT2D eigenvalue weighted by Crippen LogP contribution is 2.33. The number of carbonyl (C=O) groups is 1. The molecular formula is C24H23N3O4. The lowest BCUT2D eigenvalue weighted by atomic mass is 10.0. The van der Waals surface area contributed by atoms with Crippen molar-refractivity contribution in [3.8, 4) is 22.8 Å². The molecule has 0 fully saturated rings. The van der Waals surface area contributed by atoms with E-state index in [1.54, 1.807) is 26.2 Å². The highest BCUT2D eigenvalue weighted by molar-refractivity contribution is 6.07. The number of hydrogen-bond acceptors (Lipinski definition) is 6. The molecule has 0 saturated heterocycles. The van der Waals surface area contributed by atoms with Crippen LogP contribution < -0.4 is 9.47 Å². The first-order valence-corrected chi connectivity index (χ1v) is 9.80. The van der Waals surface area contributed by atoms with Crippen molar-refractivity contribution >= 4 is 16.8 Å². The lowest BCUT2D eigenvalue weighted by Crippen LogP contribution is -2.26. The molecule has 2 aromatic carbocycles. The fraction of sp³-hybridized carbons (Fsp3) is 0.208. The van der Waals surface area contributed by atoms with E-state index in [0.29, 0.717) is 40.8 Å². The Hall–Kier alpha value is -3.87. The van der Waals surface area contributed by atoms with Gasteiger partial charge in [0.25, 0.3) is 5.91 Å². The van der Waals surface area contributed by atoms with Gasteiger partial charge in [0.15, 0.2) is 11.5 Å². The summed E-state index contributed by atoms with van der Waals surface area (Å²) in [5.74, 6) is 1.81. The third-order valence-electron chi connectivity index (χ3n) is 5.05. The van der Waals surface area contributed by atoms with Crippen molar-refractivity contribution in [2.75, 3.05) is 21.3 Å². The number of amides is 1. The zero-order chi connectivity index (χ0) is 22.0. The van der Waals surface area contributed by atoms with E-state index in [4.69, 9.17) is 19.0 Å². The van der Waals surface area contributed by atoms with Crippen molar-refractivity contribution < 1.29 is 18.8 Å². The summed E-state index contributed by atoms with van der Waals surface area (Å²) >= 11 is 0. The summed E-state index contributed by atoms with van der Waals surface area (Å²) < 4.78 is 15.9. The van der Waals surface area contributed by atoms with Crippen molar-refractivity contribution in [2.45, 2.75) is 13.5 Å². The van der Waals surface area contributed by atoms with E-state index in [2.05, 4.69) is 5.16 Å². The van der Waals surface area contributed by atoms with Gasteiger partial charge in [-0.25, -0.2) is 4.98 Å². The predicted octanol–water partition coefficient (Wildman–Crippen LogP) is 4.49. The summed E-state index contributed by atoms with van der Waals surface area (Å²) in [6.45, 7) is 2.17. The van der Waals surface area contributed by atoms with E-state index < -0.39 is 0 Å². The number of aryl methyl sites for hydroxylation is 1. The molecule has 4 rings (SSSR count). The molecule has 7 nitrogen and oxygen atoms in total. The summed E-state index contributed by atoms with van der Waals surface area (Å²) in [5, 5.41) is 4.78. The van der Waals surface area contributed by atoms with Crippen molar-refractivity contribution in [3.05, 3.63) is 71.6 Å². The fourth-order valence-corrected chi connectivity index (χ4v) is 3.51. The van der Waals surface area contributed by atoms with Crippen LogP contribution in [0, 0.1) is 6.92 Å². The quantitative estimate of drug-likeness (QED) is 0.460. The summed E-state index contributed by atoms with van der Waals surface area (Å²) in [4.78, 5) is 19.8. The number of benzene rings is 2. The Morgan fingerprint density at radius 1 is 1.03 bits per heavy atom. The Bertz CT molecular complexity index is 1250. The van der Waals surface area contributed by atoms with Gasteiger partial charge < -0.3 is 18.9 Å². The van der Waals surface area contributed by atoms with E-state index in [1.165, 1.54) is 0 Å². The molecule has 0 bridgehead atoms. The molecule has 1 amide bonds. The second kappa shape index (κ2) is 8.47. The van der Waals surface area contributed by atoms with Gasteiger partial charge in [-0.05, 0) is 37.3 Å². The maximum Gasteiger partial charge on any atom is 0.254 e. The van der Waals surface area contributed by atoms with Crippen molar-refractivity contribution in [1.82, 2.24) is 15.0 Å². The first-order chi connectivity index (χ1) is 15.0. The molecule has 0 radical (unpaired) electrons. The van der Waals surface area contributed by atoms with Gasteiger partial charge in [-0.3, -0.25) is 4.79 Å². The maximum absolute atomic E-state index is 13.4. The zero-order valence-electron chi connectivity index (χ0n) is 17.9. The lowest BCUT2D eigenvalue weighted by Gasteiger charge is -2.18. The van der Waals surface area contributed by atoms with Gasteiger partial charge in [0, 0.05) is 24.1 Å². The summed E-state index contributed by atoms with van der Waals surface area (Å²) in [6.07, 6.45) is 0. The normalized spacial score (nSPS) is 10.8. The molecule has 7 heteroatoms. The van der Waals surface area contributed by atoms with E-state index in [0.717, 1.165) is 16.5 Å². The van der Waals surface area contributed by atoms with Crippen LogP contribution in [0.5, 0.6) is 11.5 Å². The minimum atomic E-state index is -0.124.